The van der Waals surface area contributed by atoms with Gasteiger partial charge in [0.1, 0.15) is 11.6 Å². The number of rotatable bonds is 6. The Kier molecular flexibility index (Phi) is 6.54. The van der Waals surface area contributed by atoms with Crippen LogP contribution in [0.3, 0.4) is 0 Å². The maximum atomic E-state index is 12.5. The number of amides is 1. The molecule has 0 aliphatic heterocycles. The van der Waals surface area contributed by atoms with Gasteiger partial charge in [-0.1, -0.05) is 42.5 Å². The predicted octanol–water partition coefficient (Wildman–Crippen LogP) is 4.98. The maximum absolute atomic E-state index is 12.5. The van der Waals surface area contributed by atoms with E-state index in [9.17, 15) is 10.1 Å². The summed E-state index contributed by atoms with van der Waals surface area (Å²) in [5, 5.41) is 12.4. The van der Waals surface area contributed by atoms with Gasteiger partial charge in [-0.3, -0.25) is 4.79 Å². The first-order valence-corrected chi connectivity index (χ1v) is 10.1. The predicted molar refractivity (Wildman–Crippen MR) is 121 cm³/mol. The van der Waals surface area contributed by atoms with Crippen LogP contribution in [-0.4, -0.2) is 17.0 Å². The Morgan fingerprint density at radius 2 is 1.80 bits per heavy atom. The molecule has 0 radical (unpaired) electrons. The molecule has 30 heavy (non-hydrogen) atoms. The fourth-order valence-electron chi connectivity index (χ4n) is 3.63. The summed E-state index contributed by atoms with van der Waals surface area (Å²) in [5.74, 6) is -0.343. The van der Waals surface area contributed by atoms with Gasteiger partial charge in [-0.2, -0.15) is 5.26 Å². The molecule has 3 aromatic rings. The quantitative estimate of drug-likeness (QED) is 0.471. The van der Waals surface area contributed by atoms with Crippen LogP contribution in [0.25, 0.3) is 11.8 Å². The number of aromatic nitrogens is 1. The molecule has 1 aromatic heterocycles. The van der Waals surface area contributed by atoms with Crippen molar-refractivity contribution >= 4 is 12.0 Å². The summed E-state index contributed by atoms with van der Waals surface area (Å²) in [6.07, 6.45) is 2.41. The van der Waals surface area contributed by atoms with E-state index in [2.05, 4.69) is 48.0 Å². The monoisotopic (exact) mass is 397 g/mol. The van der Waals surface area contributed by atoms with Crippen LogP contribution >= 0.6 is 0 Å². The minimum atomic E-state index is -0.343. The van der Waals surface area contributed by atoms with Crippen molar-refractivity contribution < 1.29 is 4.79 Å². The van der Waals surface area contributed by atoms with E-state index in [1.54, 1.807) is 6.08 Å². The Bertz CT molecular complexity index is 1130. The van der Waals surface area contributed by atoms with Gasteiger partial charge in [0.05, 0.1) is 0 Å². The van der Waals surface area contributed by atoms with Gasteiger partial charge in [0.15, 0.2) is 0 Å². The third-order valence-electron chi connectivity index (χ3n) is 5.28. The Balaban J connectivity index is 1.81. The molecule has 0 aliphatic carbocycles. The van der Waals surface area contributed by atoms with Gasteiger partial charge in [0, 0.05) is 23.6 Å². The highest BCUT2D eigenvalue weighted by Gasteiger charge is 2.14. The summed E-state index contributed by atoms with van der Waals surface area (Å²) in [6.45, 7) is 8.71. The van der Waals surface area contributed by atoms with E-state index in [0.29, 0.717) is 6.54 Å². The maximum Gasteiger partial charge on any atom is 0.261 e. The van der Waals surface area contributed by atoms with Gasteiger partial charge in [-0.05, 0) is 74.6 Å². The summed E-state index contributed by atoms with van der Waals surface area (Å²) in [7, 11) is 0. The van der Waals surface area contributed by atoms with Crippen molar-refractivity contribution in [1.82, 2.24) is 9.88 Å². The number of hydrogen-bond acceptors (Lipinski definition) is 2. The molecular weight excluding hydrogens is 370 g/mol. The largest absolute Gasteiger partial charge is 0.351 e. The van der Waals surface area contributed by atoms with Crippen LogP contribution in [0.1, 0.15) is 33.6 Å². The number of carbonyl (C=O) groups is 1. The van der Waals surface area contributed by atoms with E-state index in [4.69, 9.17) is 0 Å². The average Bonchev–Trinajstić information content (AvgIpc) is 3.01. The van der Waals surface area contributed by atoms with Crippen LogP contribution in [0.4, 0.5) is 0 Å². The van der Waals surface area contributed by atoms with Gasteiger partial charge < -0.3 is 9.88 Å². The van der Waals surface area contributed by atoms with Crippen LogP contribution < -0.4 is 5.32 Å². The van der Waals surface area contributed by atoms with Gasteiger partial charge in [-0.15, -0.1) is 0 Å². The van der Waals surface area contributed by atoms with Crippen molar-refractivity contribution in [1.29, 1.82) is 5.26 Å². The topological polar surface area (TPSA) is 57.8 Å². The summed E-state index contributed by atoms with van der Waals surface area (Å²) in [5.41, 5.74) is 7.70. The van der Waals surface area contributed by atoms with Gasteiger partial charge in [0.25, 0.3) is 5.91 Å². The summed E-state index contributed by atoms with van der Waals surface area (Å²) < 4.78 is 2.18. The molecule has 0 saturated heterocycles. The molecule has 2 aromatic carbocycles. The van der Waals surface area contributed by atoms with Crippen LogP contribution in [0.5, 0.6) is 0 Å². The van der Waals surface area contributed by atoms with E-state index in [-0.39, 0.29) is 11.5 Å². The third-order valence-corrected chi connectivity index (χ3v) is 5.28. The molecule has 0 spiro atoms. The first-order valence-electron chi connectivity index (χ1n) is 10.1. The Morgan fingerprint density at radius 3 is 2.50 bits per heavy atom. The van der Waals surface area contributed by atoms with Crippen LogP contribution in [-0.2, 0) is 11.2 Å². The number of benzene rings is 2. The Labute approximate surface area is 178 Å². The smallest absolute Gasteiger partial charge is 0.261 e. The second kappa shape index (κ2) is 9.28. The molecule has 0 bridgehead atoms. The minimum Gasteiger partial charge on any atom is -0.351 e. The molecule has 1 amide bonds. The second-order valence-corrected chi connectivity index (χ2v) is 7.61. The van der Waals surface area contributed by atoms with Crippen molar-refractivity contribution in [3.63, 3.8) is 0 Å². The van der Waals surface area contributed by atoms with E-state index in [0.717, 1.165) is 34.6 Å². The molecule has 3 rings (SSSR count). The first kappa shape index (κ1) is 21.1. The van der Waals surface area contributed by atoms with Gasteiger partial charge in [0.2, 0.25) is 0 Å². The lowest BCUT2D eigenvalue weighted by molar-refractivity contribution is -0.117. The molecule has 0 fully saturated rings. The number of aryl methyl sites for hydroxylation is 3. The Hall–Kier alpha value is -3.58. The van der Waals surface area contributed by atoms with Crippen molar-refractivity contribution in [3.05, 3.63) is 93.8 Å². The number of nitriles is 1. The lowest BCUT2D eigenvalue weighted by Crippen LogP contribution is -2.26. The fraction of sp³-hybridized carbons (Fsp3) is 0.231. The van der Waals surface area contributed by atoms with Crippen molar-refractivity contribution in [3.8, 4) is 11.8 Å². The number of nitrogens with zero attached hydrogens (tertiary/aromatic N) is 2. The highest BCUT2D eigenvalue weighted by molar-refractivity contribution is 6.01. The van der Waals surface area contributed by atoms with Crippen LogP contribution in [0.15, 0.2) is 60.2 Å². The molecule has 0 aliphatic rings. The SMILES string of the molecule is Cc1ccc(C)c(-n2c(C)cc(/C=C(/C#N)C(=O)NCCc3ccccc3)c2C)c1. The highest BCUT2D eigenvalue weighted by Crippen LogP contribution is 2.25. The zero-order chi connectivity index (χ0) is 21.7. The van der Waals surface area contributed by atoms with Crippen molar-refractivity contribution in [2.24, 2.45) is 0 Å². The molecule has 1 heterocycles. The van der Waals surface area contributed by atoms with E-state index in [1.165, 1.54) is 11.1 Å². The Morgan fingerprint density at radius 1 is 1.07 bits per heavy atom. The van der Waals surface area contributed by atoms with E-state index in [1.807, 2.05) is 50.2 Å². The molecule has 1 N–H and O–H groups in total. The first-order chi connectivity index (χ1) is 14.4. The number of hydrogen-bond donors (Lipinski definition) is 1. The lowest BCUT2D eigenvalue weighted by Gasteiger charge is -2.13. The van der Waals surface area contributed by atoms with Crippen molar-refractivity contribution in [2.75, 3.05) is 6.54 Å². The standard InChI is InChI=1S/C26H27N3O/c1-18-10-11-19(2)25(14-18)29-20(3)15-23(21(29)4)16-24(17-27)26(30)28-13-12-22-8-6-5-7-9-22/h5-11,14-16H,12-13H2,1-4H3,(H,28,30)/b24-16-. The molecule has 4 nitrogen and oxygen atoms in total. The zero-order valence-electron chi connectivity index (χ0n) is 18.0. The van der Waals surface area contributed by atoms with Gasteiger partial charge in [-0.25, -0.2) is 0 Å². The second-order valence-electron chi connectivity index (χ2n) is 7.61. The molecule has 0 saturated carbocycles. The highest BCUT2D eigenvalue weighted by atomic mass is 16.1. The molecular formula is C26H27N3O. The van der Waals surface area contributed by atoms with E-state index >= 15 is 0 Å². The van der Waals surface area contributed by atoms with Gasteiger partial charge >= 0.3 is 0 Å². The van der Waals surface area contributed by atoms with Crippen molar-refractivity contribution in [2.45, 2.75) is 34.1 Å². The van der Waals surface area contributed by atoms with E-state index < -0.39 is 0 Å². The number of nitrogens with one attached hydrogen (secondary N) is 1. The summed E-state index contributed by atoms with van der Waals surface area (Å²) in [4.78, 5) is 12.5. The van der Waals surface area contributed by atoms with Crippen LogP contribution in [0, 0.1) is 39.0 Å². The minimum absolute atomic E-state index is 0.115. The fourth-order valence-corrected chi connectivity index (χ4v) is 3.63. The molecule has 0 atom stereocenters. The summed E-state index contributed by atoms with van der Waals surface area (Å²) >= 11 is 0. The zero-order valence-corrected chi connectivity index (χ0v) is 18.0. The third kappa shape index (κ3) is 4.69. The van der Waals surface area contributed by atoms with Crippen LogP contribution in [0.2, 0.25) is 0 Å². The normalized spacial score (nSPS) is 11.2. The molecule has 152 valence electrons. The molecule has 0 unspecified atom stereocenters. The summed E-state index contributed by atoms with van der Waals surface area (Å²) in [6, 6.07) is 20.4. The number of carbonyl (C=O) groups excluding carboxylic acids is 1. The lowest BCUT2D eigenvalue weighted by atomic mass is 10.1. The molecule has 4 heteroatoms. The average molecular weight is 398 g/mol.